The van der Waals surface area contributed by atoms with Gasteiger partial charge in [0.2, 0.25) is 5.95 Å². The minimum atomic E-state index is -4.33. The molecule has 0 bridgehead atoms. The lowest BCUT2D eigenvalue weighted by atomic mass is 10.2. The van der Waals surface area contributed by atoms with Gasteiger partial charge in [0.25, 0.3) is 5.69 Å². The van der Waals surface area contributed by atoms with Crippen molar-refractivity contribution in [2.75, 3.05) is 10.0 Å². The van der Waals surface area contributed by atoms with Crippen LogP contribution >= 0.6 is 0 Å². The van der Waals surface area contributed by atoms with Crippen LogP contribution < -0.4 is 14.8 Å². The van der Waals surface area contributed by atoms with Crippen LogP contribution in [0, 0.1) is 30.9 Å². The normalized spacial score (nSPS) is 10.9. The van der Waals surface area contributed by atoms with Crippen LogP contribution in [0.15, 0.2) is 24.3 Å². The summed E-state index contributed by atoms with van der Waals surface area (Å²) in [7, 11) is -4.33. The van der Waals surface area contributed by atoms with Crippen molar-refractivity contribution >= 4 is 33.6 Å². The van der Waals surface area contributed by atoms with E-state index in [-0.39, 0.29) is 17.3 Å². The van der Waals surface area contributed by atoms with E-state index in [4.69, 9.17) is 0 Å². The van der Waals surface area contributed by atoms with Crippen molar-refractivity contribution in [2.45, 2.75) is 20.8 Å². The number of urea groups is 1. The number of benzene rings is 1. The van der Waals surface area contributed by atoms with Crippen molar-refractivity contribution in [3.63, 3.8) is 0 Å². The van der Waals surface area contributed by atoms with Gasteiger partial charge in [0.1, 0.15) is 0 Å². The van der Waals surface area contributed by atoms with Gasteiger partial charge in [-0.15, -0.1) is 0 Å². The number of hydrogen-bond donors (Lipinski definition) is 3. The fraction of sp³-hybridized carbons (Fsp3) is 0.214. The molecule has 12 heteroatoms. The number of nitro groups is 1. The number of non-ortho nitro benzene ring substituents is 1. The molecular formula is C14H16N6O5S. The third-order valence-electron chi connectivity index (χ3n) is 3.11. The zero-order chi connectivity index (χ0) is 19.5. The molecule has 1 aromatic carbocycles. The van der Waals surface area contributed by atoms with E-state index in [1.807, 2.05) is 0 Å². The van der Waals surface area contributed by atoms with Crippen LogP contribution in [0.5, 0.6) is 0 Å². The zero-order valence-electron chi connectivity index (χ0n) is 14.1. The predicted octanol–water partition coefficient (Wildman–Crippen LogP) is 1.79. The quantitative estimate of drug-likeness (QED) is 0.527. The van der Waals surface area contributed by atoms with Crippen LogP contribution in [-0.4, -0.2) is 29.3 Å². The summed E-state index contributed by atoms with van der Waals surface area (Å²) in [4.78, 5) is 29.9. The molecule has 2 rings (SSSR count). The molecule has 0 unspecified atom stereocenters. The average molecular weight is 380 g/mol. The number of amides is 2. The molecule has 0 saturated carbocycles. The maximum Gasteiger partial charge on any atom is 0.336 e. The Morgan fingerprint density at radius 3 is 2.31 bits per heavy atom. The molecule has 0 aliphatic rings. The van der Waals surface area contributed by atoms with E-state index in [1.54, 1.807) is 31.6 Å². The summed E-state index contributed by atoms with van der Waals surface area (Å²) in [6, 6.07) is 4.29. The van der Waals surface area contributed by atoms with Crippen molar-refractivity contribution < 1.29 is 18.1 Å². The maximum atomic E-state index is 12.1. The molecule has 2 aromatic rings. The molecule has 1 aromatic heterocycles. The minimum absolute atomic E-state index is 0.0258. The first-order valence-electron chi connectivity index (χ1n) is 7.24. The molecule has 26 heavy (non-hydrogen) atoms. The number of anilines is 2. The lowest BCUT2D eigenvalue weighted by molar-refractivity contribution is -0.384. The van der Waals surface area contributed by atoms with E-state index in [2.05, 4.69) is 20.0 Å². The Balaban J connectivity index is 2.12. The molecule has 0 fully saturated rings. The summed E-state index contributed by atoms with van der Waals surface area (Å²) in [6.07, 6.45) is 0. The van der Waals surface area contributed by atoms with E-state index in [0.717, 1.165) is 6.07 Å². The highest BCUT2D eigenvalue weighted by molar-refractivity contribution is 7.91. The second-order valence-electron chi connectivity index (χ2n) is 5.39. The summed E-state index contributed by atoms with van der Waals surface area (Å²) in [5.74, 6) is -0.0540. The van der Waals surface area contributed by atoms with Gasteiger partial charge in [-0.2, -0.15) is 8.42 Å². The molecule has 0 spiro atoms. The highest BCUT2D eigenvalue weighted by Gasteiger charge is 2.18. The van der Waals surface area contributed by atoms with Crippen LogP contribution in [-0.2, 0) is 10.2 Å². The number of aromatic nitrogens is 2. The molecule has 0 atom stereocenters. The van der Waals surface area contributed by atoms with Crippen LogP contribution in [0.25, 0.3) is 0 Å². The van der Waals surface area contributed by atoms with Gasteiger partial charge in [0.05, 0.1) is 10.6 Å². The number of aryl methyl sites for hydroxylation is 3. The number of nitro benzene ring substituents is 1. The van der Waals surface area contributed by atoms with Crippen molar-refractivity contribution in [3.8, 4) is 0 Å². The van der Waals surface area contributed by atoms with E-state index in [9.17, 15) is 23.3 Å². The standard InChI is InChI=1S/C14H16N6O5S/c1-8-4-5-11(20(22)23)7-12(8)18-26(24,25)19-14(21)17-13-15-9(2)6-10(3)16-13/h4-7,18H,1-3H3,(H2,15,16,17,19,21). The van der Waals surface area contributed by atoms with Gasteiger partial charge in [-0.25, -0.2) is 19.5 Å². The summed E-state index contributed by atoms with van der Waals surface area (Å²) >= 11 is 0. The Morgan fingerprint density at radius 1 is 1.12 bits per heavy atom. The van der Waals surface area contributed by atoms with E-state index >= 15 is 0 Å². The third-order valence-corrected chi connectivity index (χ3v) is 4.05. The Labute approximate surface area is 149 Å². The van der Waals surface area contributed by atoms with Gasteiger partial charge in [-0.3, -0.25) is 20.2 Å². The van der Waals surface area contributed by atoms with Crippen molar-refractivity contribution in [1.29, 1.82) is 0 Å². The van der Waals surface area contributed by atoms with Gasteiger partial charge in [-0.1, -0.05) is 6.07 Å². The summed E-state index contributed by atoms with van der Waals surface area (Å²) in [5.41, 5.74) is 1.32. The van der Waals surface area contributed by atoms with Gasteiger partial charge >= 0.3 is 16.2 Å². The lowest BCUT2D eigenvalue weighted by Crippen LogP contribution is -2.38. The summed E-state index contributed by atoms with van der Waals surface area (Å²) in [5, 5.41) is 13.0. The van der Waals surface area contributed by atoms with Gasteiger partial charge in [0, 0.05) is 23.5 Å². The monoisotopic (exact) mass is 380 g/mol. The molecule has 2 amide bonds. The largest absolute Gasteiger partial charge is 0.336 e. The molecule has 1 heterocycles. The Hall–Kier alpha value is -3.28. The SMILES string of the molecule is Cc1cc(C)nc(NC(=O)NS(=O)(=O)Nc2cc([N+](=O)[O-])ccc2C)n1. The first-order chi connectivity index (χ1) is 12.1. The predicted molar refractivity (Wildman–Crippen MR) is 94.0 cm³/mol. The Kier molecular flexibility index (Phi) is 5.35. The van der Waals surface area contributed by atoms with Crippen LogP contribution in [0.2, 0.25) is 0 Å². The Morgan fingerprint density at radius 2 is 1.73 bits per heavy atom. The van der Waals surface area contributed by atoms with E-state index < -0.39 is 21.2 Å². The second-order valence-corrected chi connectivity index (χ2v) is 6.81. The molecule has 0 radical (unpaired) electrons. The molecular weight excluding hydrogens is 364 g/mol. The Bertz CT molecular complexity index is 956. The first kappa shape index (κ1) is 19.1. The molecule has 138 valence electrons. The van der Waals surface area contributed by atoms with Gasteiger partial charge in [-0.05, 0) is 32.4 Å². The summed E-state index contributed by atoms with van der Waals surface area (Å²) in [6.45, 7) is 4.95. The van der Waals surface area contributed by atoms with Crippen molar-refractivity contribution in [2.24, 2.45) is 0 Å². The molecule has 0 aliphatic carbocycles. The maximum absolute atomic E-state index is 12.1. The zero-order valence-corrected chi connectivity index (χ0v) is 14.9. The smallest absolute Gasteiger partial charge is 0.275 e. The molecule has 0 saturated heterocycles. The summed E-state index contributed by atoms with van der Waals surface area (Å²) < 4.78 is 28.0. The van der Waals surface area contributed by atoms with Crippen LogP contribution in [0.4, 0.5) is 22.1 Å². The molecule has 3 N–H and O–H groups in total. The number of nitrogens with one attached hydrogen (secondary N) is 3. The highest BCUT2D eigenvalue weighted by Crippen LogP contribution is 2.22. The topological polar surface area (TPSA) is 156 Å². The number of hydrogen-bond acceptors (Lipinski definition) is 7. The van der Waals surface area contributed by atoms with Crippen LogP contribution in [0.1, 0.15) is 17.0 Å². The second kappa shape index (κ2) is 7.31. The fourth-order valence-electron chi connectivity index (χ4n) is 2.03. The third kappa shape index (κ3) is 5.11. The molecule has 11 nitrogen and oxygen atoms in total. The fourth-order valence-corrected chi connectivity index (χ4v) is 2.89. The number of nitrogens with zero attached hydrogens (tertiary/aromatic N) is 3. The highest BCUT2D eigenvalue weighted by atomic mass is 32.2. The minimum Gasteiger partial charge on any atom is -0.275 e. The average Bonchev–Trinajstić information content (AvgIpc) is 2.47. The number of carbonyl (C=O) groups is 1. The number of rotatable bonds is 5. The molecule has 0 aliphatic heterocycles. The lowest BCUT2D eigenvalue weighted by Gasteiger charge is -2.12. The van der Waals surface area contributed by atoms with Crippen LogP contribution in [0.3, 0.4) is 0 Å². The number of carbonyl (C=O) groups excluding carboxylic acids is 1. The van der Waals surface area contributed by atoms with Gasteiger partial charge in [0.15, 0.2) is 0 Å². The first-order valence-corrected chi connectivity index (χ1v) is 8.73. The van der Waals surface area contributed by atoms with E-state index in [0.29, 0.717) is 17.0 Å². The van der Waals surface area contributed by atoms with Crippen molar-refractivity contribution in [3.05, 3.63) is 51.3 Å². The van der Waals surface area contributed by atoms with Gasteiger partial charge < -0.3 is 0 Å². The van der Waals surface area contributed by atoms with E-state index in [1.165, 1.54) is 12.1 Å². The van der Waals surface area contributed by atoms with Crippen molar-refractivity contribution in [1.82, 2.24) is 14.7 Å².